The number of benzene rings is 2. The molecule has 0 aromatic heterocycles. The molecule has 2 aromatic rings. The van der Waals surface area contributed by atoms with Gasteiger partial charge in [0.1, 0.15) is 0 Å². The predicted molar refractivity (Wildman–Crippen MR) is 93.6 cm³/mol. The van der Waals surface area contributed by atoms with E-state index in [-0.39, 0.29) is 0 Å². The molecule has 1 nitrogen and oxygen atoms in total. The highest BCUT2D eigenvalue weighted by Crippen LogP contribution is 2.41. The summed E-state index contributed by atoms with van der Waals surface area (Å²) in [5.41, 5.74) is 2.62. The van der Waals surface area contributed by atoms with E-state index < -0.39 is 0 Å². The molecule has 21 heavy (non-hydrogen) atoms. The zero-order chi connectivity index (χ0) is 14.8. The summed E-state index contributed by atoms with van der Waals surface area (Å²) >= 11 is 15.9. The van der Waals surface area contributed by atoms with Gasteiger partial charge < -0.3 is 5.32 Å². The van der Waals surface area contributed by atoms with Gasteiger partial charge in [-0.3, -0.25) is 0 Å². The summed E-state index contributed by atoms with van der Waals surface area (Å²) in [5.74, 6) is 0.895. The lowest BCUT2D eigenvalue weighted by Crippen LogP contribution is -2.34. The molecule has 0 bridgehead atoms. The predicted octanol–water partition coefficient (Wildman–Crippen LogP) is 5.62. The van der Waals surface area contributed by atoms with Gasteiger partial charge in [-0.1, -0.05) is 51.3 Å². The Morgan fingerprint density at radius 1 is 0.952 bits per heavy atom. The lowest BCUT2D eigenvalue weighted by atomic mass is 9.77. The van der Waals surface area contributed by atoms with E-state index in [0.29, 0.717) is 11.8 Å². The smallest absolute Gasteiger partial charge is 0.0409 e. The fraction of sp³-hybridized carbons (Fsp3) is 0.294. The summed E-state index contributed by atoms with van der Waals surface area (Å²) < 4.78 is 1.14. The van der Waals surface area contributed by atoms with Crippen molar-refractivity contribution in [3.05, 3.63) is 68.1 Å². The quantitative estimate of drug-likeness (QED) is 0.708. The minimum Gasteiger partial charge on any atom is -0.316 e. The van der Waals surface area contributed by atoms with Crippen LogP contribution < -0.4 is 5.32 Å². The second-order valence-electron chi connectivity index (χ2n) is 5.42. The molecule has 1 N–H and O–H groups in total. The molecule has 2 unspecified atom stereocenters. The molecule has 1 aliphatic rings. The van der Waals surface area contributed by atoms with Gasteiger partial charge in [0, 0.05) is 27.0 Å². The van der Waals surface area contributed by atoms with Gasteiger partial charge >= 0.3 is 0 Å². The fourth-order valence-electron chi connectivity index (χ4n) is 3.09. The van der Waals surface area contributed by atoms with Crippen LogP contribution in [0.5, 0.6) is 0 Å². The van der Waals surface area contributed by atoms with E-state index in [2.05, 4.69) is 39.4 Å². The molecular weight excluding hydrogens is 369 g/mol. The molecule has 0 aliphatic carbocycles. The van der Waals surface area contributed by atoms with Crippen LogP contribution in [-0.4, -0.2) is 13.1 Å². The first kappa shape index (κ1) is 15.4. The SMILES string of the molecule is Clc1ccc(C2CNCCC2c2cc(Cl)ccc2Br)cc1. The Bertz CT molecular complexity index is 627. The molecule has 0 amide bonds. The maximum Gasteiger partial charge on any atom is 0.0409 e. The number of nitrogens with one attached hydrogen (secondary N) is 1. The van der Waals surface area contributed by atoms with Crippen LogP contribution in [0.4, 0.5) is 0 Å². The van der Waals surface area contributed by atoms with Crippen LogP contribution in [0.15, 0.2) is 46.9 Å². The average molecular weight is 385 g/mol. The van der Waals surface area contributed by atoms with Gasteiger partial charge in [0.15, 0.2) is 0 Å². The van der Waals surface area contributed by atoms with Crippen LogP contribution in [-0.2, 0) is 0 Å². The van der Waals surface area contributed by atoms with Crippen molar-refractivity contribution in [1.29, 1.82) is 0 Å². The zero-order valence-electron chi connectivity index (χ0n) is 11.5. The largest absolute Gasteiger partial charge is 0.316 e. The minimum absolute atomic E-state index is 0.436. The Kier molecular flexibility index (Phi) is 4.90. The van der Waals surface area contributed by atoms with Gasteiger partial charge in [-0.2, -0.15) is 0 Å². The Morgan fingerprint density at radius 3 is 2.43 bits per heavy atom. The van der Waals surface area contributed by atoms with E-state index in [1.165, 1.54) is 11.1 Å². The molecule has 1 aliphatic heterocycles. The third-order valence-electron chi connectivity index (χ3n) is 4.14. The molecule has 2 atom stereocenters. The van der Waals surface area contributed by atoms with Crippen molar-refractivity contribution in [3.8, 4) is 0 Å². The lowest BCUT2D eigenvalue weighted by Gasteiger charge is -2.33. The van der Waals surface area contributed by atoms with Gasteiger partial charge in [0.2, 0.25) is 0 Å². The summed E-state index contributed by atoms with van der Waals surface area (Å²) in [7, 11) is 0. The van der Waals surface area contributed by atoms with Gasteiger partial charge in [0.05, 0.1) is 0 Å². The van der Waals surface area contributed by atoms with E-state index in [4.69, 9.17) is 23.2 Å². The first-order valence-corrected chi connectivity index (χ1v) is 8.61. The second-order valence-corrected chi connectivity index (χ2v) is 7.15. The maximum absolute atomic E-state index is 6.20. The summed E-state index contributed by atoms with van der Waals surface area (Å²) in [6.07, 6.45) is 1.10. The van der Waals surface area contributed by atoms with Crippen molar-refractivity contribution in [2.75, 3.05) is 13.1 Å². The van der Waals surface area contributed by atoms with Crippen molar-refractivity contribution in [3.63, 3.8) is 0 Å². The van der Waals surface area contributed by atoms with Gasteiger partial charge in [-0.05, 0) is 60.3 Å². The van der Waals surface area contributed by atoms with E-state index >= 15 is 0 Å². The highest BCUT2D eigenvalue weighted by atomic mass is 79.9. The van der Waals surface area contributed by atoms with Gasteiger partial charge in [0.25, 0.3) is 0 Å². The van der Waals surface area contributed by atoms with Crippen molar-refractivity contribution in [2.45, 2.75) is 18.3 Å². The topological polar surface area (TPSA) is 12.0 Å². The van der Waals surface area contributed by atoms with E-state index in [1.807, 2.05) is 24.3 Å². The summed E-state index contributed by atoms with van der Waals surface area (Å²) in [5, 5.41) is 5.07. The van der Waals surface area contributed by atoms with Crippen LogP contribution in [0.1, 0.15) is 29.4 Å². The molecule has 0 spiro atoms. The molecule has 1 heterocycles. The standard InChI is InChI=1S/C17H16BrCl2N/c18-17-6-5-13(20)9-15(17)14-7-8-21-10-16(14)11-1-3-12(19)4-2-11/h1-6,9,14,16,21H,7-8,10H2. The van der Waals surface area contributed by atoms with Crippen molar-refractivity contribution < 1.29 is 0 Å². The Balaban J connectivity index is 1.98. The lowest BCUT2D eigenvalue weighted by molar-refractivity contribution is 0.403. The van der Waals surface area contributed by atoms with Crippen LogP contribution in [0.2, 0.25) is 10.0 Å². The van der Waals surface area contributed by atoms with Crippen LogP contribution >= 0.6 is 39.1 Å². The van der Waals surface area contributed by atoms with Crippen LogP contribution in [0.3, 0.4) is 0 Å². The molecular formula is C17H16BrCl2N. The Hall–Kier alpha value is -0.540. The number of halogens is 3. The Labute approximate surface area is 143 Å². The molecule has 4 heteroatoms. The second kappa shape index (κ2) is 6.70. The number of hydrogen-bond donors (Lipinski definition) is 1. The van der Waals surface area contributed by atoms with E-state index in [1.54, 1.807) is 0 Å². The van der Waals surface area contributed by atoms with Crippen molar-refractivity contribution in [1.82, 2.24) is 5.32 Å². The zero-order valence-corrected chi connectivity index (χ0v) is 14.5. The molecule has 110 valence electrons. The maximum atomic E-state index is 6.20. The highest BCUT2D eigenvalue weighted by Gasteiger charge is 2.29. The summed E-state index contributed by atoms with van der Waals surface area (Å²) in [6.45, 7) is 2.01. The van der Waals surface area contributed by atoms with Crippen LogP contribution in [0.25, 0.3) is 0 Å². The first-order chi connectivity index (χ1) is 10.1. The molecule has 1 fully saturated rings. The van der Waals surface area contributed by atoms with E-state index in [9.17, 15) is 0 Å². The van der Waals surface area contributed by atoms with Crippen molar-refractivity contribution >= 4 is 39.1 Å². The number of rotatable bonds is 2. The summed E-state index contributed by atoms with van der Waals surface area (Å²) in [6, 6.07) is 14.2. The third kappa shape index (κ3) is 3.45. The third-order valence-corrected chi connectivity index (χ3v) is 5.35. The molecule has 0 saturated carbocycles. The number of hydrogen-bond acceptors (Lipinski definition) is 1. The molecule has 1 saturated heterocycles. The minimum atomic E-state index is 0.436. The molecule has 2 aromatic carbocycles. The first-order valence-electron chi connectivity index (χ1n) is 7.06. The van der Waals surface area contributed by atoms with Gasteiger partial charge in [-0.15, -0.1) is 0 Å². The normalized spacial score (nSPS) is 22.2. The van der Waals surface area contributed by atoms with E-state index in [0.717, 1.165) is 34.0 Å². The van der Waals surface area contributed by atoms with Crippen LogP contribution in [0, 0.1) is 0 Å². The Morgan fingerprint density at radius 2 is 1.67 bits per heavy atom. The molecule has 3 rings (SSSR count). The van der Waals surface area contributed by atoms with Gasteiger partial charge in [-0.25, -0.2) is 0 Å². The van der Waals surface area contributed by atoms with Crippen molar-refractivity contribution in [2.24, 2.45) is 0 Å². The molecule has 0 radical (unpaired) electrons. The summed E-state index contributed by atoms with van der Waals surface area (Å²) in [4.78, 5) is 0. The number of piperidine rings is 1. The fourth-order valence-corrected chi connectivity index (χ4v) is 3.94. The highest BCUT2D eigenvalue weighted by molar-refractivity contribution is 9.10. The monoisotopic (exact) mass is 383 g/mol. The average Bonchev–Trinajstić information content (AvgIpc) is 2.51.